The predicted molar refractivity (Wildman–Crippen MR) is 87.2 cm³/mol. The lowest BCUT2D eigenvalue weighted by Gasteiger charge is -2.24. The van der Waals surface area contributed by atoms with E-state index >= 15 is 0 Å². The summed E-state index contributed by atoms with van der Waals surface area (Å²) >= 11 is 0. The first-order chi connectivity index (χ1) is 11.5. The molecule has 3 heterocycles. The largest absolute Gasteiger partial charge is 0.467 e. The third-order valence-electron chi connectivity index (χ3n) is 4.11. The van der Waals surface area contributed by atoms with E-state index in [4.69, 9.17) is 4.42 Å². The normalized spacial score (nSPS) is 16.7. The summed E-state index contributed by atoms with van der Waals surface area (Å²) < 4.78 is 7.11. The number of hydrogen-bond acceptors (Lipinski definition) is 4. The Morgan fingerprint density at radius 2 is 2.29 bits per heavy atom. The summed E-state index contributed by atoms with van der Waals surface area (Å²) in [6.45, 7) is 4.79. The minimum atomic E-state index is -0.217. The van der Waals surface area contributed by atoms with E-state index in [2.05, 4.69) is 15.6 Å². The van der Waals surface area contributed by atoms with Crippen LogP contribution in [0.25, 0.3) is 0 Å². The molecule has 3 rings (SSSR count). The molecule has 0 fully saturated rings. The van der Waals surface area contributed by atoms with Crippen LogP contribution in [-0.4, -0.2) is 27.4 Å². The van der Waals surface area contributed by atoms with E-state index < -0.39 is 0 Å². The Balaban J connectivity index is 1.64. The van der Waals surface area contributed by atoms with Gasteiger partial charge in [-0.05, 0) is 38.8 Å². The summed E-state index contributed by atoms with van der Waals surface area (Å²) in [7, 11) is 0. The molecule has 0 radical (unpaired) electrons. The minimum absolute atomic E-state index is 0.0631. The average Bonchev–Trinajstić information content (AvgIpc) is 3.20. The predicted octanol–water partition coefficient (Wildman–Crippen LogP) is 1.49. The van der Waals surface area contributed by atoms with Crippen molar-refractivity contribution in [2.24, 2.45) is 5.92 Å². The van der Waals surface area contributed by atoms with Crippen LogP contribution < -0.4 is 10.6 Å². The maximum absolute atomic E-state index is 12.3. The van der Waals surface area contributed by atoms with Gasteiger partial charge in [0.25, 0.3) is 5.91 Å². The topological polar surface area (TPSA) is 89.2 Å². The van der Waals surface area contributed by atoms with Crippen LogP contribution in [0.15, 0.2) is 29.1 Å². The smallest absolute Gasteiger partial charge is 0.272 e. The number of aromatic nitrogens is 2. The SMILES string of the molecule is CC(C)NC(=O)C1CCc2c(C(=O)NCc3ccco3)ncn2C1. The second-order valence-corrected chi connectivity index (χ2v) is 6.35. The Kier molecular flexibility index (Phi) is 4.69. The Morgan fingerprint density at radius 3 is 3.00 bits per heavy atom. The number of rotatable bonds is 5. The summed E-state index contributed by atoms with van der Waals surface area (Å²) in [6, 6.07) is 3.72. The number of furan rings is 1. The van der Waals surface area contributed by atoms with Crippen molar-refractivity contribution >= 4 is 11.8 Å². The highest BCUT2D eigenvalue weighted by molar-refractivity contribution is 5.93. The van der Waals surface area contributed by atoms with E-state index in [-0.39, 0.29) is 23.8 Å². The van der Waals surface area contributed by atoms with Crippen molar-refractivity contribution in [3.63, 3.8) is 0 Å². The molecule has 0 saturated heterocycles. The zero-order chi connectivity index (χ0) is 17.1. The quantitative estimate of drug-likeness (QED) is 0.869. The van der Waals surface area contributed by atoms with Crippen molar-refractivity contribution in [2.45, 2.75) is 45.8 Å². The van der Waals surface area contributed by atoms with Crippen LogP contribution in [0.2, 0.25) is 0 Å². The van der Waals surface area contributed by atoms with Crippen molar-refractivity contribution in [3.05, 3.63) is 41.9 Å². The molecule has 7 heteroatoms. The molecule has 1 aliphatic rings. The van der Waals surface area contributed by atoms with Gasteiger partial charge >= 0.3 is 0 Å². The van der Waals surface area contributed by atoms with Crippen LogP contribution >= 0.6 is 0 Å². The molecule has 0 saturated carbocycles. The molecule has 1 atom stereocenters. The first-order valence-electron chi connectivity index (χ1n) is 8.19. The van der Waals surface area contributed by atoms with Gasteiger partial charge in [0.15, 0.2) is 0 Å². The van der Waals surface area contributed by atoms with Gasteiger partial charge in [-0.25, -0.2) is 4.98 Å². The van der Waals surface area contributed by atoms with Gasteiger partial charge < -0.3 is 19.6 Å². The molecular weight excluding hydrogens is 308 g/mol. The highest BCUT2D eigenvalue weighted by Gasteiger charge is 2.28. The molecule has 1 aliphatic heterocycles. The summed E-state index contributed by atoms with van der Waals surface area (Å²) in [5.41, 5.74) is 1.32. The molecule has 7 nitrogen and oxygen atoms in total. The van der Waals surface area contributed by atoms with E-state index in [9.17, 15) is 9.59 Å². The molecule has 1 unspecified atom stereocenters. The fourth-order valence-corrected chi connectivity index (χ4v) is 2.94. The van der Waals surface area contributed by atoms with Crippen LogP contribution in [0.4, 0.5) is 0 Å². The van der Waals surface area contributed by atoms with Gasteiger partial charge in [-0.15, -0.1) is 0 Å². The third-order valence-corrected chi connectivity index (χ3v) is 4.11. The lowest BCUT2D eigenvalue weighted by Crippen LogP contribution is -2.39. The number of carbonyl (C=O) groups is 2. The molecule has 0 aliphatic carbocycles. The molecule has 0 aromatic carbocycles. The van der Waals surface area contributed by atoms with Crippen molar-refractivity contribution in [1.82, 2.24) is 20.2 Å². The highest BCUT2D eigenvalue weighted by atomic mass is 16.3. The Morgan fingerprint density at radius 1 is 1.46 bits per heavy atom. The second-order valence-electron chi connectivity index (χ2n) is 6.35. The second kappa shape index (κ2) is 6.90. The van der Waals surface area contributed by atoms with E-state index in [0.717, 1.165) is 12.1 Å². The number of hydrogen-bond donors (Lipinski definition) is 2. The van der Waals surface area contributed by atoms with Crippen molar-refractivity contribution in [1.29, 1.82) is 0 Å². The van der Waals surface area contributed by atoms with Crippen LogP contribution in [0.1, 0.15) is 42.2 Å². The van der Waals surface area contributed by atoms with Crippen molar-refractivity contribution in [3.8, 4) is 0 Å². The van der Waals surface area contributed by atoms with E-state index in [1.54, 1.807) is 24.7 Å². The fraction of sp³-hybridized carbons (Fsp3) is 0.471. The Hall–Kier alpha value is -2.57. The number of amides is 2. The fourth-order valence-electron chi connectivity index (χ4n) is 2.94. The maximum atomic E-state index is 12.3. The summed E-state index contributed by atoms with van der Waals surface area (Å²) in [6.07, 6.45) is 4.61. The third kappa shape index (κ3) is 3.50. The Bertz CT molecular complexity index is 718. The molecule has 0 spiro atoms. The van der Waals surface area contributed by atoms with Gasteiger partial charge in [0.1, 0.15) is 11.5 Å². The maximum Gasteiger partial charge on any atom is 0.272 e. The molecule has 2 aromatic rings. The van der Waals surface area contributed by atoms with Gasteiger partial charge in [-0.2, -0.15) is 0 Å². The molecule has 2 amide bonds. The lowest BCUT2D eigenvalue weighted by molar-refractivity contribution is -0.126. The molecule has 0 bridgehead atoms. The molecular formula is C17H22N4O3. The zero-order valence-electron chi connectivity index (χ0n) is 13.9. The molecule has 2 N–H and O–H groups in total. The van der Waals surface area contributed by atoms with E-state index in [1.165, 1.54) is 0 Å². The lowest BCUT2D eigenvalue weighted by atomic mass is 9.96. The number of nitrogens with one attached hydrogen (secondary N) is 2. The number of fused-ring (bicyclic) bond motifs is 1. The van der Waals surface area contributed by atoms with Crippen LogP contribution in [0.5, 0.6) is 0 Å². The van der Waals surface area contributed by atoms with Gasteiger partial charge in [0.2, 0.25) is 5.91 Å². The Labute approximate surface area is 140 Å². The summed E-state index contributed by atoms with van der Waals surface area (Å²) in [4.78, 5) is 28.7. The minimum Gasteiger partial charge on any atom is -0.467 e. The summed E-state index contributed by atoms with van der Waals surface area (Å²) in [5.74, 6) is 0.466. The van der Waals surface area contributed by atoms with Gasteiger partial charge in [-0.3, -0.25) is 9.59 Å². The first-order valence-corrected chi connectivity index (χ1v) is 8.19. The number of carbonyl (C=O) groups excluding carboxylic acids is 2. The van der Waals surface area contributed by atoms with E-state index in [1.807, 2.05) is 18.4 Å². The van der Waals surface area contributed by atoms with Crippen molar-refractivity contribution in [2.75, 3.05) is 0 Å². The monoisotopic (exact) mass is 330 g/mol. The molecule has 24 heavy (non-hydrogen) atoms. The van der Waals surface area contributed by atoms with Crippen molar-refractivity contribution < 1.29 is 14.0 Å². The standard InChI is InChI=1S/C17H22N4O3/c1-11(2)20-16(22)12-5-6-14-15(19-10-21(14)9-12)17(23)18-8-13-4-3-7-24-13/h3-4,7,10-12H,5-6,8-9H2,1-2H3,(H,18,23)(H,20,22). The van der Waals surface area contributed by atoms with E-state index in [0.29, 0.717) is 31.0 Å². The van der Waals surface area contributed by atoms with Gasteiger partial charge in [0.05, 0.1) is 30.7 Å². The van der Waals surface area contributed by atoms with Crippen LogP contribution in [-0.2, 0) is 24.3 Å². The number of nitrogens with zero attached hydrogens (tertiary/aromatic N) is 2. The van der Waals surface area contributed by atoms with Gasteiger partial charge in [-0.1, -0.05) is 0 Å². The molecule has 128 valence electrons. The highest BCUT2D eigenvalue weighted by Crippen LogP contribution is 2.23. The summed E-state index contributed by atoms with van der Waals surface area (Å²) in [5, 5.41) is 5.76. The molecule has 2 aromatic heterocycles. The first kappa shape index (κ1) is 16.3. The number of imidazole rings is 1. The van der Waals surface area contributed by atoms with Crippen LogP contribution in [0.3, 0.4) is 0 Å². The average molecular weight is 330 g/mol. The van der Waals surface area contributed by atoms with Crippen LogP contribution in [0, 0.1) is 5.92 Å². The zero-order valence-corrected chi connectivity index (χ0v) is 13.9. The van der Waals surface area contributed by atoms with Gasteiger partial charge in [0, 0.05) is 12.6 Å².